The van der Waals surface area contributed by atoms with E-state index in [0.717, 1.165) is 22.9 Å². The Bertz CT molecular complexity index is 415. The lowest BCUT2D eigenvalue weighted by Crippen LogP contribution is -2.31. The minimum Gasteiger partial charge on any atom is -0.469 e. The van der Waals surface area contributed by atoms with Gasteiger partial charge in [0.15, 0.2) is 0 Å². The number of nitrogens with two attached hydrogens (primary N) is 1. The number of methoxy groups -OCH3 is 1. The molecule has 0 radical (unpaired) electrons. The zero-order chi connectivity index (χ0) is 11.8. The van der Waals surface area contributed by atoms with Gasteiger partial charge in [0.1, 0.15) is 0 Å². The van der Waals surface area contributed by atoms with Crippen LogP contribution in [0.15, 0.2) is 28.7 Å². The molecule has 1 unspecified atom stereocenters. The molecule has 0 heterocycles. The van der Waals surface area contributed by atoms with E-state index in [0.29, 0.717) is 0 Å². The van der Waals surface area contributed by atoms with E-state index in [1.54, 1.807) is 0 Å². The zero-order valence-electron chi connectivity index (χ0n) is 9.07. The summed E-state index contributed by atoms with van der Waals surface area (Å²) >= 11 is 3.40. The number of benzene rings is 1. The van der Waals surface area contributed by atoms with Crippen molar-refractivity contribution < 1.29 is 9.53 Å². The summed E-state index contributed by atoms with van der Waals surface area (Å²) in [6.07, 6.45) is 1.63. The fourth-order valence-electron chi connectivity index (χ4n) is 2.00. The predicted octanol–water partition coefficient (Wildman–Crippen LogP) is 2.40. The lowest BCUT2D eigenvalue weighted by molar-refractivity contribution is -0.148. The first-order valence-electron chi connectivity index (χ1n) is 5.19. The van der Waals surface area contributed by atoms with Crippen molar-refractivity contribution in [2.24, 2.45) is 11.1 Å². The van der Waals surface area contributed by atoms with Gasteiger partial charge in [0.2, 0.25) is 0 Å². The van der Waals surface area contributed by atoms with Gasteiger partial charge in [-0.2, -0.15) is 0 Å². The molecule has 1 aromatic rings. The molecule has 0 aromatic heterocycles. The molecule has 4 heteroatoms. The highest BCUT2D eigenvalue weighted by atomic mass is 79.9. The highest BCUT2D eigenvalue weighted by Crippen LogP contribution is 2.54. The van der Waals surface area contributed by atoms with Crippen LogP contribution in [0.25, 0.3) is 0 Å². The van der Waals surface area contributed by atoms with Gasteiger partial charge in [0.05, 0.1) is 12.5 Å². The SMILES string of the molecule is COC(=O)C1(C(N)c2cccc(Br)c2)CC1. The van der Waals surface area contributed by atoms with E-state index in [2.05, 4.69) is 15.9 Å². The zero-order valence-corrected chi connectivity index (χ0v) is 10.7. The molecule has 0 spiro atoms. The van der Waals surface area contributed by atoms with E-state index >= 15 is 0 Å². The van der Waals surface area contributed by atoms with Gasteiger partial charge in [-0.15, -0.1) is 0 Å². The lowest BCUT2D eigenvalue weighted by Gasteiger charge is -2.21. The van der Waals surface area contributed by atoms with E-state index in [9.17, 15) is 4.79 Å². The van der Waals surface area contributed by atoms with Gasteiger partial charge in [-0.25, -0.2) is 0 Å². The second-order valence-corrected chi connectivity index (χ2v) is 5.10. The second-order valence-electron chi connectivity index (χ2n) is 4.18. The van der Waals surface area contributed by atoms with Gasteiger partial charge >= 0.3 is 5.97 Å². The normalized spacial score (nSPS) is 18.9. The van der Waals surface area contributed by atoms with E-state index in [4.69, 9.17) is 10.5 Å². The van der Waals surface area contributed by atoms with Crippen LogP contribution in [-0.4, -0.2) is 13.1 Å². The first kappa shape index (κ1) is 11.6. The van der Waals surface area contributed by atoms with Crippen LogP contribution in [0.4, 0.5) is 0 Å². The smallest absolute Gasteiger partial charge is 0.313 e. The third-order valence-corrected chi connectivity index (χ3v) is 3.68. The highest BCUT2D eigenvalue weighted by Gasteiger charge is 2.56. The molecule has 2 N–H and O–H groups in total. The van der Waals surface area contributed by atoms with E-state index in [1.807, 2.05) is 24.3 Å². The largest absolute Gasteiger partial charge is 0.469 e. The van der Waals surface area contributed by atoms with E-state index < -0.39 is 5.41 Å². The number of carbonyl (C=O) groups is 1. The fourth-order valence-corrected chi connectivity index (χ4v) is 2.42. The Hall–Kier alpha value is -0.870. The minimum absolute atomic E-state index is 0.194. The molecule has 0 saturated heterocycles. The summed E-state index contributed by atoms with van der Waals surface area (Å²) in [5, 5.41) is 0. The van der Waals surface area contributed by atoms with Gasteiger partial charge in [-0.3, -0.25) is 4.79 Å². The van der Waals surface area contributed by atoms with Gasteiger partial charge in [-0.1, -0.05) is 28.1 Å². The van der Waals surface area contributed by atoms with Gasteiger partial charge in [-0.05, 0) is 30.5 Å². The monoisotopic (exact) mass is 283 g/mol. The summed E-state index contributed by atoms with van der Waals surface area (Å²) in [6, 6.07) is 7.48. The van der Waals surface area contributed by atoms with Crippen molar-refractivity contribution in [1.29, 1.82) is 0 Å². The average Bonchev–Trinajstić information content (AvgIpc) is 3.08. The standard InChI is InChI=1S/C12H14BrNO2/c1-16-11(15)12(5-6-12)10(14)8-3-2-4-9(13)7-8/h2-4,7,10H,5-6,14H2,1H3. The lowest BCUT2D eigenvalue weighted by atomic mass is 9.91. The van der Waals surface area contributed by atoms with Crippen molar-refractivity contribution >= 4 is 21.9 Å². The Morgan fingerprint density at radius 2 is 2.25 bits per heavy atom. The van der Waals surface area contributed by atoms with Crippen molar-refractivity contribution in [2.75, 3.05) is 7.11 Å². The molecule has 0 aliphatic heterocycles. The molecule has 2 rings (SSSR count). The van der Waals surface area contributed by atoms with Crippen molar-refractivity contribution in [1.82, 2.24) is 0 Å². The highest BCUT2D eigenvalue weighted by molar-refractivity contribution is 9.10. The Balaban J connectivity index is 2.26. The molecule has 3 nitrogen and oxygen atoms in total. The summed E-state index contributed by atoms with van der Waals surface area (Å²) in [7, 11) is 1.41. The molecule has 16 heavy (non-hydrogen) atoms. The molecule has 1 aromatic carbocycles. The molecule has 1 atom stereocenters. The molecular formula is C12H14BrNO2. The van der Waals surface area contributed by atoms with Crippen molar-refractivity contribution in [2.45, 2.75) is 18.9 Å². The molecule has 86 valence electrons. The number of hydrogen-bond acceptors (Lipinski definition) is 3. The predicted molar refractivity (Wildman–Crippen MR) is 64.8 cm³/mol. The van der Waals surface area contributed by atoms with Crippen LogP contribution in [0.2, 0.25) is 0 Å². The van der Waals surface area contributed by atoms with Crippen molar-refractivity contribution in [3.8, 4) is 0 Å². The van der Waals surface area contributed by atoms with Crippen molar-refractivity contribution in [3.63, 3.8) is 0 Å². The number of carbonyl (C=O) groups excluding carboxylic acids is 1. The molecule has 1 saturated carbocycles. The van der Waals surface area contributed by atoms with Gasteiger partial charge in [0.25, 0.3) is 0 Å². The summed E-state index contributed by atoms with van der Waals surface area (Å²) in [5.41, 5.74) is 6.64. The number of esters is 1. The van der Waals surface area contributed by atoms with Crippen molar-refractivity contribution in [3.05, 3.63) is 34.3 Å². The van der Waals surface area contributed by atoms with Crippen LogP contribution < -0.4 is 5.73 Å². The van der Waals surface area contributed by atoms with Crippen LogP contribution in [0.5, 0.6) is 0 Å². The molecule has 1 aliphatic carbocycles. The van der Waals surface area contributed by atoms with Crippen LogP contribution in [0.3, 0.4) is 0 Å². The topological polar surface area (TPSA) is 52.3 Å². The first-order chi connectivity index (χ1) is 7.60. The molecular weight excluding hydrogens is 270 g/mol. The van der Waals surface area contributed by atoms with Crippen LogP contribution >= 0.6 is 15.9 Å². The maximum atomic E-state index is 11.7. The maximum Gasteiger partial charge on any atom is 0.313 e. The summed E-state index contributed by atoms with van der Waals surface area (Å²) in [6.45, 7) is 0. The Morgan fingerprint density at radius 1 is 1.56 bits per heavy atom. The maximum absolute atomic E-state index is 11.7. The summed E-state index contributed by atoms with van der Waals surface area (Å²) < 4.78 is 5.79. The summed E-state index contributed by atoms with van der Waals surface area (Å²) in [4.78, 5) is 11.7. The second kappa shape index (κ2) is 4.18. The number of ether oxygens (including phenoxy) is 1. The van der Waals surface area contributed by atoms with Crippen LogP contribution in [0.1, 0.15) is 24.4 Å². The molecule has 0 amide bonds. The molecule has 1 fully saturated rings. The van der Waals surface area contributed by atoms with Gasteiger partial charge < -0.3 is 10.5 Å². The Kier molecular flexibility index (Phi) is 3.04. The summed E-state index contributed by atoms with van der Waals surface area (Å²) in [5.74, 6) is -0.194. The van der Waals surface area contributed by atoms with E-state index in [-0.39, 0.29) is 12.0 Å². The van der Waals surface area contributed by atoms with Crippen LogP contribution in [-0.2, 0) is 9.53 Å². The Morgan fingerprint density at radius 3 is 2.75 bits per heavy atom. The number of hydrogen-bond donors (Lipinski definition) is 1. The molecule has 0 bridgehead atoms. The van der Waals surface area contributed by atoms with Gasteiger partial charge in [0, 0.05) is 10.5 Å². The van der Waals surface area contributed by atoms with E-state index in [1.165, 1.54) is 7.11 Å². The molecule has 1 aliphatic rings. The van der Waals surface area contributed by atoms with Crippen LogP contribution in [0, 0.1) is 5.41 Å². The fraction of sp³-hybridized carbons (Fsp3) is 0.417. The average molecular weight is 284 g/mol. The third-order valence-electron chi connectivity index (χ3n) is 3.18. The third kappa shape index (κ3) is 1.87. The first-order valence-corrected chi connectivity index (χ1v) is 5.99. The Labute approximate surface area is 103 Å². The number of rotatable bonds is 3. The number of halogens is 1. The minimum atomic E-state index is -0.491. The quantitative estimate of drug-likeness (QED) is 0.867.